The minimum absolute atomic E-state index is 0. The monoisotopic (exact) mass is 297 g/mol. The number of aromatic nitrogens is 3. The predicted octanol–water partition coefficient (Wildman–Crippen LogP) is 2.19. The Kier molecular flexibility index (Phi) is 5.24. The normalized spacial score (nSPS) is 10.2. The van der Waals surface area contributed by atoms with Gasteiger partial charge in [0.2, 0.25) is 0 Å². The molecule has 0 saturated carbocycles. The van der Waals surface area contributed by atoms with E-state index in [2.05, 4.69) is 10.1 Å². The molecule has 7 heteroatoms. The lowest BCUT2D eigenvalue weighted by molar-refractivity contribution is 0.0697. The molecule has 2 aromatic heterocycles. The van der Waals surface area contributed by atoms with Crippen molar-refractivity contribution in [3.63, 3.8) is 0 Å². The van der Waals surface area contributed by atoms with Crippen molar-refractivity contribution < 1.29 is 15.4 Å². The van der Waals surface area contributed by atoms with Crippen LogP contribution in [0.3, 0.4) is 0 Å². The molecule has 0 radical (unpaired) electrons. The molecule has 108 valence electrons. The molecule has 0 fully saturated rings. The maximum atomic E-state index is 11.3. The summed E-state index contributed by atoms with van der Waals surface area (Å²) >= 11 is 5.91. The Hall–Kier alpha value is -1.92. The first kappa shape index (κ1) is 16.1. The van der Waals surface area contributed by atoms with Gasteiger partial charge in [-0.2, -0.15) is 5.10 Å². The third-order valence-electron chi connectivity index (χ3n) is 2.64. The van der Waals surface area contributed by atoms with Crippen LogP contribution in [-0.2, 0) is 6.54 Å². The van der Waals surface area contributed by atoms with E-state index in [1.54, 1.807) is 29.9 Å². The van der Waals surface area contributed by atoms with Crippen molar-refractivity contribution in [1.82, 2.24) is 14.8 Å². The number of hydrogen-bond acceptors (Lipinski definition) is 3. The van der Waals surface area contributed by atoms with Gasteiger partial charge in [-0.1, -0.05) is 18.5 Å². The first-order chi connectivity index (χ1) is 9.01. The number of halogens is 1. The summed E-state index contributed by atoms with van der Waals surface area (Å²) in [7, 11) is 0. The Labute approximate surface area is 121 Å². The van der Waals surface area contributed by atoms with Crippen molar-refractivity contribution in [2.24, 2.45) is 0 Å². The van der Waals surface area contributed by atoms with E-state index in [-0.39, 0.29) is 11.0 Å². The summed E-state index contributed by atoms with van der Waals surface area (Å²) in [6.07, 6.45) is 2.43. The highest BCUT2D eigenvalue weighted by Gasteiger charge is 2.17. The van der Waals surface area contributed by atoms with Crippen LogP contribution in [0.15, 0.2) is 18.3 Å². The third kappa shape index (κ3) is 3.34. The molecule has 0 bridgehead atoms. The molecule has 0 saturated heterocycles. The molecule has 0 amide bonds. The Balaban J connectivity index is 0.00000200. The molecular weight excluding hydrogens is 282 g/mol. The minimum atomic E-state index is -0.997. The molecule has 0 aliphatic heterocycles. The van der Waals surface area contributed by atoms with Crippen molar-refractivity contribution in [3.05, 3.63) is 34.7 Å². The quantitative estimate of drug-likeness (QED) is 0.874. The molecule has 0 aromatic carbocycles. The smallest absolute Gasteiger partial charge is 0.339 e. The average Bonchev–Trinajstić information content (AvgIpc) is 2.72. The number of carboxylic acid groups (broad SMARTS) is 1. The van der Waals surface area contributed by atoms with Gasteiger partial charge >= 0.3 is 5.97 Å². The van der Waals surface area contributed by atoms with Crippen LogP contribution in [0.5, 0.6) is 0 Å². The zero-order valence-corrected chi connectivity index (χ0v) is 12.0. The lowest BCUT2D eigenvalue weighted by atomic mass is 10.1. The van der Waals surface area contributed by atoms with Crippen LogP contribution in [0, 0.1) is 6.92 Å². The lowest BCUT2D eigenvalue weighted by Crippen LogP contribution is -1.97. The molecule has 2 rings (SSSR count). The van der Waals surface area contributed by atoms with Gasteiger partial charge in [-0.3, -0.25) is 4.68 Å². The molecule has 0 aliphatic carbocycles. The second kappa shape index (κ2) is 6.49. The minimum Gasteiger partial charge on any atom is -0.478 e. The van der Waals surface area contributed by atoms with E-state index in [4.69, 9.17) is 11.6 Å². The molecule has 6 nitrogen and oxygen atoms in total. The van der Waals surface area contributed by atoms with Crippen LogP contribution in [0.4, 0.5) is 0 Å². The maximum Gasteiger partial charge on any atom is 0.339 e. The highest BCUT2D eigenvalue weighted by Crippen LogP contribution is 2.25. The molecule has 0 atom stereocenters. The fourth-order valence-corrected chi connectivity index (χ4v) is 2.15. The number of hydrogen-bond donors (Lipinski definition) is 1. The first-order valence-corrected chi connectivity index (χ1v) is 6.34. The largest absolute Gasteiger partial charge is 0.478 e. The number of nitrogens with zero attached hydrogens (tertiary/aromatic N) is 3. The summed E-state index contributed by atoms with van der Waals surface area (Å²) in [4.78, 5) is 15.3. The average molecular weight is 298 g/mol. The lowest BCUT2D eigenvalue weighted by Gasteiger charge is -2.02. The molecule has 0 aliphatic rings. The SMILES string of the molecule is CCCn1cc(C(=O)O)c(-c2cc(C)nc(Cl)c2)n1.O. The van der Waals surface area contributed by atoms with Crippen molar-refractivity contribution in [1.29, 1.82) is 0 Å². The van der Waals surface area contributed by atoms with Gasteiger partial charge in [0.1, 0.15) is 16.4 Å². The van der Waals surface area contributed by atoms with Gasteiger partial charge in [0.05, 0.1) is 0 Å². The van der Waals surface area contributed by atoms with Crippen molar-refractivity contribution in [2.75, 3.05) is 0 Å². The third-order valence-corrected chi connectivity index (χ3v) is 2.83. The van der Waals surface area contributed by atoms with Gasteiger partial charge in [0, 0.05) is 24.0 Å². The Bertz CT molecular complexity index is 605. The van der Waals surface area contributed by atoms with E-state index in [0.717, 1.165) is 12.1 Å². The number of pyridine rings is 1. The van der Waals surface area contributed by atoms with Crippen LogP contribution in [0.1, 0.15) is 29.4 Å². The Morgan fingerprint density at radius 2 is 2.15 bits per heavy atom. The fraction of sp³-hybridized carbons (Fsp3) is 0.308. The summed E-state index contributed by atoms with van der Waals surface area (Å²) < 4.78 is 1.64. The van der Waals surface area contributed by atoms with Gasteiger partial charge < -0.3 is 10.6 Å². The summed E-state index contributed by atoms with van der Waals surface area (Å²) in [5.41, 5.74) is 2.00. The van der Waals surface area contributed by atoms with E-state index in [1.165, 1.54) is 0 Å². The molecule has 20 heavy (non-hydrogen) atoms. The molecule has 2 heterocycles. The number of carboxylic acids is 1. The molecular formula is C13H16ClN3O3. The molecule has 0 spiro atoms. The second-order valence-corrected chi connectivity index (χ2v) is 4.67. The summed E-state index contributed by atoms with van der Waals surface area (Å²) in [5.74, 6) is -0.997. The second-order valence-electron chi connectivity index (χ2n) is 4.28. The first-order valence-electron chi connectivity index (χ1n) is 5.96. The molecule has 2 aromatic rings. The van der Waals surface area contributed by atoms with E-state index in [0.29, 0.717) is 23.0 Å². The highest BCUT2D eigenvalue weighted by molar-refractivity contribution is 6.29. The van der Waals surface area contributed by atoms with Crippen molar-refractivity contribution in [2.45, 2.75) is 26.8 Å². The molecule has 0 unspecified atom stereocenters. The van der Waals surface area contributed by atoms with Crippen LogP contribution >= 0.6 is 11.6 Å². The predicted molar refractivity (Wildman–Crippen MR) is 76.1 cm³/mol. The highest BCUT2D eigenvalue weighted by atomic mass is 35.5. The topological polar surface area (TPSA) is 99.5 Å². The Morgan fingerprint density at radius 3 is 2.70 bits per heavy atom. The van der Waals surface area contributed by atoms with E-state index in [1.807, 2.05) is 6.92 Å². The van der Waals surface area contributed by atoms with Crippen LogP contribution in [0.2, 0.25) is 5.15 Å². The number of aryl methyl sites for hydroxylation is 2. The maximum absolute atomic E-state index is 11.3. The summed E-state index contributed by atoms with van der Waals surface area (Å²) in [6, 6.07) is 3.40. The van der Waals surface area contributed by atoms with Gasteiger partial charge in [-0.05, 0) is 25.5 Å². The molecule has 3 N–H and O–H groups in total. The number of rotatable bonds is 4. The van der Waals surface area contributed by atoms with Crippen LogP contribution in [0.25, 0.3) is 11.3 Å². The van der Waals surface area contributed by atoms with Gasteiger partial charge in [-0.15, -0.1) is 0 Å². The van der Waals surface area contributed by atoms with Crippen molar-refractivity contribution in [3.8, 4) is 11.3 Å². The zero-order chi connectivity index (χ0) is 14.0. The van der Waals surface area contributed by atoms with Gasteiger partial charge in [0.15, 0.2) is 0 Å². The number of aromatic carboxylic acids is 1. The van der Waals surface area contributed by atoms with Gasteiger partial charge in [-0.25, -0.2) is 9.78 Å². The van der Waals surface area contributed by atoms with Crippen LogP contribution < -0.4 is 0 Å². The van der Waals surface area contributed by atoms with Crippen molar-refractivity contribution >= 4 is 17.6 Å². The standard InChI is InChI=1S/C13H14ClN3O2.H2O/c1-3-4-17-7-10(13(18)19)12(16-17)9-5-8(2)15-11(14)6-9;/h5-7H,3-4H2,1-2H3,(H,18,19);1H2. The van der Waals surface area contributed by atoms with E-state index >= 15 is 0 Å². The van der Waals surface area contributed by atoms with E-state index in [9.17, 15) is 9.90 Å². The van der Waals surface area contributed by atoms with Crippen LogP contribution in [-0.4, -0.2) is 31.3 Å². The summed E-state index contributed by atoms with van der Waals surface area (Å²) in [6.45, 7) is 4.49. The van der Waals surface area contributed by atoms with Gasteiger partial charge in [0.25, 0.3) is 0 Å². The fourth-order valence-electron chi connectivity index (χ4n) is 1.90. The Morgan fingerprint density at radius 1 is 1.45 bits per heavy atom. The zero-order valence-electron chi connectivity index (χ0n) is 11.2. The van der Waals surface area contributed by atoms with E-state index < -0.39 is 5.97 Å². The number of carbonyl (C=O) groups is 1. The summed E-state index contributed by atoms with van der Waals surface area (Å²) in [5, 5.41) is 13.9.